The fraction of sp³-hybridized carbons (Fsp3) is 0.800. The molecule has 0 spiro atoms. The summed E-state index contributed by atoms with van der Waals surface area (Å²) in [6.07, 6.45) is 0.731. The molecule has 5 heteroatoms. The van der Waals surface area contributed by atoms with E-state index in [-0.39, 0.29) is 18.4 Å². The van der Waals surface area contributed by atoms with E-state index in [9.17, 15) is 9.59 Å². The first-order valence-corrected chi connectivity index (χ1v) is 5.17. The minimum absolute atomic E-state index is 0.0526. The van der Waals surface area contributed by atoms with Gasteiger partial charge in [-0.15, -0.1) is 0 Å². The Balaban J connectivity index is 0. The van der Waals surface area contributed by atoms with Crippen molar-refractivity contribution in [1.82, 2.24) is 10.6 Å². The van der Waals surface area contributed by atoms with E-state index >= 15 is 0 Å². The van der Waals surface area contributed by atoms with E-state index in [4.69, 9.17) is 0 Å². The van der Waals surface area contributed by atoms with Gasteiger partial charge < -0.3 is 15.4 Å². The Labute approximate surface area is 91.6 Å². The highest BCUT2D eigenvalue weighted by Crippen LogP contribution is 1.75. The molecule has 0 aliphatic rings. The Morgan fingerprint density at radius 2 is 1.67 bits per heavy atom. The Bertz CT molecular complexity index is 172. The van der Waals surface area contributed by atoms with E-state index in [0.717, 1.165) is 6.42 Å². The van der Waals surface area contributed by atoms with Crippen molar-refractivity contribution >= 4 is 11.8 Å². The standard InChI is InChI=1S/C8H16N2O3.C2H6/c1-7(11)9-4-3-5-10-8(12)6-13-2;1-2/h3-6H2,1-2H3,(H,9,11)(H,10,12);1-2H3. The molecule has 0 radical (unpaired) electrons. The molecule has 2 amide bonds. The zero-order chi connectivity index (χ0) is 12.1. The third-order valence-electron chi connectivity index (χ3n) is 1.33. The van der Waals surface area contributed by atoms with Gasteiger partial charge in [-0.3, -0.25) is 9.59 Å². The number of hydrogen-bond acceptors (Lipinski definition) is 3. The largest absolute Gasteiger partial charge is 0.375 e. The molecule has 0 bridgehead atoms. The third kappa shape index (κ3) is 15.6. The van der Waals surface area contributed by atoms with Crippen LogP contribution < -0.4 is 10.6 Å². The van der Waals surface area contributed by atoms with Crippen LogP contribution in [0.25, 0.3) is 0 Å². The van der Waals surface area contributed by atoms with Crippen molar-refractivity contribution in [3.8, 4) is 0 Å². The summed E-state index contributed by atoms with van der Waals surface area (Å²) in [7, 11) is 1.47. The minimum Gasteiger partial charge on any atom is -0.375 e. The maximum Gasteiger partial charge on any atom is 0.245 e. The molecule has 0 aromatic carbocycles. The average Bonchev–Trinajstić information content (AvgIpc) is 2.20. The van der Waals surface area contributed by atoms with Gasteiger partial charge in [-0.25, -0.2) is 0 Å². The molecule has 0 unspecified atom stereocenters. The zero-order valence-electron chi connectivity index (χ0n) is 10.1. The third-order valence-corrected chi connectivity index (χ3v) is 1.33. The highest BCUT2D eigenvalue weighted by molar-refractivity contribution is 5.77. The number of carbonyl (C=O) groups excluding carboxylic acids is 2. The molecule has 15 heavy (non-hydrogen) atoms. The molecule has 0 atom stereocenters. The lowest BCUT2D eigenvalue weighted by Crippen LogP contribution is -2.30. The van der Waals surface area contributed by atoms with E-state index in [2.05, 4.69) is 15.4 Å². The number of methoxy groups -OCH3 is 1. The molecule has 90 valence electrons. The summed E-state index contributed by atoms with van der Waals surface area (Å²) in [5, 5.41) is 5.27. The van der Waals surface area contributed by atoms with Gasteiger partial charge in [-0.2, -0.15) is 0 Å². The van der Waals surface area contributed by atoms with E-state index in [1.807, 2.05) is 13.8 Å². The normalized spacial score (nSPS) is 8.53. The molecule has 0 rings (SSSR count). The first-order chi connectivity index (χ1) is 7.16. The summed E-state index contributed by atoms with van der Waals surface area (Å²) in [6, 6.07) is 0. The van der Waals surface area contributed by atoms with Crippen molar-refractivity contribution in [2.75, 3.05) is 26.8 Å². The molecule has 0 fully saturated rings. The summed E-state index contributed by atoms with van der Waals surface area (Å²) < 4.78 is 4.62. The van der Waals surface area contributed by atoms with Crippen LogP contribution in [0.1, 0.15) is 27.2 Å². The first-order valence-electron chi connectivity index (χ1n) is 5.17. The molecule has 0 saturated carbocycles. The van der Waals surface area contributed by atoms with Crippen molar-refractivity contribution in [2.24, 2.45) is 0 Å². The van der Waals surface area contributed by atoms with Crippen LogP contribution in [0.2, 0.25) is 0 Å². The summed E-state index contributed by atoms with van der Waals surface area (Å²) in [6.45, 7) is 6.69. The van der Waals surface area contributed by atoms with Gasteiger partial charge in [-0.1, -0.05) is 13.8 Å². The van der Waals surface area contributed by atoms with Crippen LogP contribution in [0, 0.1) is 0 Å². The molecular formula is C10H22N2O3. The topological polar surface area (TPSA) is 67.4 Å². The zero-order valence-corrected chi connectivity index (χ0v) is 10.1. The second kappa shape index (κ2) is 12.9. The number of nitrogens with one attached hydrogen (secondary N) is 2. The monoisotopic (exact) mass is 218 g/mol. The second-order valence-electron chi connectivity index (χ2n) is 2.62. The molecule has 0 saturated heterocycles. The summed E-state index contributed by atoms with van der Waals surface area (Å²) in [5.74, 6) is -0.187. The maximum absolute atomic E-state index is 10.8. The van der Waals surface area contributed by atoms with Crippen LogP contribution in [0.3, 0.4) is 0 Å². The molecule has 0 aromatic rings. The quantitative estimate of drug-likeness (QED) is 0.630. The van der Waals surface area contributed by atoms with Crippen molar-refractivity contribution in [3.63, 3.8) is 0 Å². The van der Waals surface area contributed by atoms with Crippen LogP contribution in [0.4, 0.5) is 0 Å². The van der Waals surface area contributed by atoms with Crippen molar-refractivity contribution in [2.45, 2.75) is 27.2 Å². The number of hydrogen-bond donors (Lipinski definition) is 2. The molecule has 0 heterocycles. The van der Waals surface area contributed by atoms with Gasteiger partial charge in [0.25, 0.3) is 0 Å². The lowest BCUT2D eigenvalue weighted by Gasteiger charge is -2.04. The van der Waals surface area contributed by atoms with E-state index < -0.39 is 0 Å². The molecule has 0 aliphatic carbocycles. The first kappa shape index (κ1) is 16.3. The van der Waals surface area contributed by atoms with Crippen LogP contribution >= 0.6 is 0 Å². The number of rotatable bonds is 6. The van der Waals surface area contributed by atoms with E-state index in [0.29, 0.717) is 13.1 Å². The molecule has 5 nitrogen and oxygen atoms in total. The number of amides is 2. The summed E-state index contributed by atoms with van der Waals surface area (Å²) >= 11 is 0. The number of carbonyl (C=O) groups is 2. The fourth-order valence-corrected chi connectivity index (χ4v) is 0.763. The second-order valence-corrected chi connectivity index (χ2v) is 2.62. The smallest absolute Gasteiger partial charge is 0.245 e. The van der Waals surface area contributed by atoms with Gasteiger partial charge in [0.1, 0.15) is 6.61 Å². The number of ether oxygens (including phenoxy) is 1. The Morgan fingerprint density at radius 1 is 1.13 bits per heavy atom. The van der Waals surface area contributed by atoms with Crippen molar-refractivity contribution in [3.05, 3.63) is 0 Å². The van der Waals surface area contributed by atoms with Crippen LogP contribution in [0.15, 0.2) is 0 Å². The predicted molar refractivity (Wildman–Crippen MR) is 59.5 cm³/mol. The van der Waals surface area contributed by atoms with Crippen LogP contribution in [-0.2, 0) is 14.3 Å². The minimum atomic E-state index is -0.134. The van der Waals surface area contributed by atoms with Gasteiger partial charge in [0.05, 0.1) is 0 Å². The van der Waals surface area contributed by atoms with E-state index in [1.165, 1.54) is 14.0 Å². The van der Waals surface area contributed by atoms with Crippen molar-refractivity contribution in [1.29, 1.82) is 0 Å². The van der Waals surface area contributed by atoms with Gasteiger partial charge in [0.15, 0.2) is 0 Å². The molecular weight excluding hydrogens is 196 g/mol. The predicted octanol–water partition coefficient (Wildman–Crippen LogP) is 0.301. The average molecular weight is 218 g/mol. The SMILES string of the molecule is CC.COCC(=O)NCCCNC(C)=O. The van der Waals surface area contributed by atoms with Gasteiger partial charge in [-0.05, 0) is 6.42 Å². The fourth-order valence-electron chi connectivity index (χ4n) is 0.763. The lowest BCUT2D eigenvalue weighted by molar-refractivity contribution is -0.124. The molecule has 0 aromatic heterocycles. The summed E-state index contributed by atoms with van der Waals surface area (Å²) in [5.41, 5.74) is 0. The Morgan fingerprint density at radius 3 is 2.13 bits per heavy atom. The van der Waals surface area contributed by atoms with Gasteiger partial charge >= 0.3 is 0 Å². The molecule has 2 N–H and O–H groups in total. The van der Waals surface area contributed by atoms with Gasteiger partial charge in [0.2, 0.25) is 11.8 Å². The van der Waals surface area contributed by atoms with E-state index in [1.54, 1.807) is 0 Å². The maximum atomic E-state index is 10.8. The Hall–Kier alpha value is -1.10. The van der Waals surface area contributed by atoms with Crippen molar-refractivity contribution < 1.29 is 14.3 Å². The van der Waals surface area contributed by atoms with Crippen LogP contribution in [0.5, 0.6) is 0 Å². The highest BCUT2D eigenvalue weighted by atomic mass is 16.5. The lowest BCUT2D eigenvalue weighted by atomic mass is 10.4. The highest BCUT2D eigenvalue weighted by Gasteiger charge is 1.97. The van der Waals surface area contributed by atoms with Crippen LogP contribution in [-0.4, -0.2) is 38.6 Å². The Kier molecular flexibility index (Phi) is 14.0. The summed E-state index contributed by atoms with van der Waals surface area (Å²) in [4.78, 5) is 21.2. The van der Waals surface area contributed by atoms with Gasteiger partial charge in [0, 0.05) is 27.1 Å². The molecule has 0 aliphatic heterocycles.